The summed E-state index contributed by atoms with van der Waals surface area (Å²) < 4.78 is 0. The van der Waals surface area contributed by atoms with Gasteiger partial charge in [-0.2, -0.15) is 0 Å². The largest absolute Gasteiger partial charge is 0.0645 e. The van der Waals surface area contributed by atoms with Crippen molar-refractivity contribution >= 4 is 0 Å². The van der Waals surface area contributed by atoms with E-state index in [0.717, 1.165) is 12.8 Å². The normalized spacial score (nSPS) is 11.9. The van der Waals surface area contributed by atoms with E-state index in [1.165, 1.54) is 22.3 Å². The third kappa shape index (κ3) is 3.08. The number of hydrogen-bond donors (Lipinski definition) is 0. The summed E-state index contributed by atoms with van der Waals surface area (Å²) in [5, 5.41) is 0. The van der Waals surface area contributed by atoms with Crippen LogP contribution in [0.4, 0.5) is 0 Å². The van der Waals surface area contributed by atoms with E-state index in [9.17, 15) is 0 Å². The molecule has 0 N–H and O–H groups in total. The molecule has 0 radical (unpaired) electrons. The second-order valence-corrected chi connectivity index (χ2v) is 8.00. The molecule has 150 valence electrons. The smallest absolute Gasteiger partial charge is 0.0547 e. The van der Waals surface area contributed by atoms with Gasteiger partial charge in [-0.1, -0.05) is 135 Å². The van der Waals surface area contributed by atoms with E-state index < -0.39 is 0 Å². The first kappa shape index (κ1) is 20.2. The summed E-state index contributed by atoms with van der Waals surface area (Å²) in [6.07, 6.45) is 2.07. The number of benzene rings is 4. The molecule has 4 aromatic rings. The molecule has 4 rings (SSSR count). The van der Waals surface area contributed by atoms with Crippen molar-refractivity contribution in [2.45, 2.75) is 37.5 Å². The van der Waals surface area contributed by atoms with Crippen molar-refractivity contribution < 1.29 is 0 Å². The van der Waals surface area contributed by atoms with E-state index in [1.54, 1.807) is 0 Å². The monoisotopic (exact) mass is 390 g/mol. The fraction of sp³-hybridized carbons (Fsp3) is 0.200. The maximum atomic E-state index is 2.35. The molecule has 0 unspecified atom stereocenters. The van der Waals surface area contributed by atoms with E-state index in [2.05, 4.69) is 135 Å². The highest BCUT2D eigenvalue weighted by atomic mass is 14.5. The van der Waals surface area contributed by atoms with Crippen LogP contribution < -0.4 is 0 Å². The van der Waals surface area contributed by atoms with E-state index in [0.29, 0.717) is 0 Å². The zero-order valence-electron chi connectivity index (χ0n) is 18.0. The Morgan fingerprint density at radius 2 is 0.667 bits per heavy atom. The van der Waals surface area contributed by atoms with Crippen molar-refractivity contribution in [2.75, 3.05) is 0 Å². The van der Waals surface area contributed by atoms with Crippen molar-refractivity contribution in [2.24, 2.45) is 0 Å². The van der Waals surface area contributed by atoms with Crippen molar-refractivity contribution in [1.29, 1.82) is 0 Å². The van der Waals surface area contributed by atoms with Gasteiger partial charge < -0.3 is 0 Å². The van der Waals surface area contributed by atoms with Crippen LogP contribution in [0.3, 0.4) is 0 Å². The highest BCUT2D eigenvalue weighted by Gasteiger charge is 2.53. The lowest BCUT2D eigenvalue weighted by Crippen LogP contribution is -2.50. The quantitative estimate of drug-likeness (QED) is 0.283. The Kier molecular flexibility index (Phi) is 5.86. The molecule has 0 heteroatoms. The van der Waals surface area contributed by atoms with Gasteiger partial charge in [0.2, 0.25) is 0 Å². The lowest BCUT2D eigenvalue weighted by Gasteiger charge is -2.52. The van der Waals surface area contributed by atoms with Crippen LogP contribution in [-0.4, -0.2) is 0 Å². The molecule has 0 saturated heterocycles. The van der Waals surface area contributed by atoms with E-state index in [4.69, 9.17) is 0 Å². The first-order valence-corrected chi connectivity index (χ1v) is 11.0. The third-order valence-electron chi connectivity index (χ3n) is 6.87. The summed E-state index contributed by atoms with van der Waals surface area (Å²) in [5.74, 6) is 0. The molecule has 0 saturated carbocycles. The molecule has 4 aromatic carbocycles. The first-order valence-electron chi connectivity index (χ1n) is 11.0. The molecule has 0 aliphatic rings. The minimum Gasteiger partial charge on any atom is -0.0645 e. The molecule has 0 spiro atoms. The molecule has 30 heavy (non-hydrogen) atoms. The summed E-state index contributed by atoms with van der Waals surface area (Å²) in [5.41, 5.74) is 5.02. The van der Waals surface area contributed by atoms with E-state index in [-0.39, 0.29) is 10.8 Å². The Balaban J connectivity index is 2.20. The van der Waals surface area contributed by atoms with Gasteiger partial charge in [-0.15, -0.1) is 0 Å². The lowest BCUT2D eigenvalue weighted by atomic mass is 9.49. The van der Waals surface area contributed by atoms with Crippen LogP contribution in [0.25, 0.3) is 0 Å². The zero-order valence-corrected chi connectivity index (χ0v) is 18.0. The molecular formula is C30H30. The van der Waals surface area contributed by atoms with Gasteiger partial charge in [0, 0.05) is 5.41 Å². The van der Waals surface area contributed by atoms with Crippen LogP contribution in [0.5, 0.6) is 0 Å². The third-order valence-corrected chi connectivity index (χ3v) is 6.87. The fourth-order valence-corrected chi connectivity index (χ4v) is 5.56. The molecule has 0 atom stereocenters. The molecule has 0 nitrogen and oxygen atoms in total. The second-order valence-electron chi connectivity index (χ2n) is 8.00. The fourth-order valence-electron chi connectivity index (χ4n) is 5.56. The van der Waals surface area contributed by atoms with Crippen LogP contribution in [-0.2, 0) is 10.8 Å². The predicted octanol–water partition coefficient (Wildman–Crippen LogP) is 7.78. The van der Waals surface area contributed by atoms with Crippen LogP contribution in [0.1, 0.15) is 48.9 Å². The van der Waals surface area contributed by atoms with Crippen molar-refractivity contribution in [3.63, 3.8) is 0 Å². The Bertz CT molecular complexity index is 934. The van der Waals surface area contributed by atoms with Crippen LogP contribution >= 0.6 is 0 Å². The van der Waals surface area contributed by atoms with Gasteiger partial charge in [0.05, 0.1) is 5.41 Å². The molecule has 0 heterocycles. The van der Waals surface area contributed by atoms with Gasteiger partial charge in [0.1, 0.15) is 0 Å². The van der Waals surface area contributed by atoms with Crippen molar-refractivity contribution in [3.05, 3.63) is 144 Å². The Labute approximate surface area is 181 Å². The number of rotatable bonds is 7. The van der Waals surface area contributed by atoms with Gasteiger partial charge in [-0.3, -0.25) is 0 Å². The minimum absolute atomic E-state index is 0.0989. The molecule has 0 bridgehead atoms. The zero-order chi connectivity index (χ0) is 20.9. The molecule has 0 aliphatic heterocycles. The molecule has 0 amide bonds. The van der Waals surface area contributed by atoms with E-state index in [1.807, 2.05) is 0 Å². The summed E-state index contributed by atoms with van der Waals surface area (Å²) in [6.45, 7) is 4.69. The Hall–Kier alpha value is -3.12. The highest BCUT2D eigenvalue weighted by molar-refractivity contribution is 5.57. The standard InChI is InChI=1S/C30H30/c1-3-29(4-2,25-17-9-5-10-18-25)30(26-19-11-6-12-20-26,27-21-13-7-14-22-27)28-23-15-8-16-24-28/h5-24H,3-4H2,1-2H3. The van der Waals surface area contributed by atoms with Crippen molar-refractivity contribution in [1.82, 2.24) is 0 Å². The summed E-state index contributed by atoms with van der Waals surface area (Å²) >= 11 is 0. The maximum Gasteiger partial charge on any atom is 0.0547 e. The highest BCUT2D eigenvalue weighted by Crippen LogP contribution is 2.56. The Morgan fingerprint density at radius 3 is 0.933 bits per heavy atom. The van der Waals surface area contributed by atoms with Gasteiger partial charge >= 0.3 is 0 Å². The first-order chi connectivity index (χ1) is 14.8. The topological polar surface area (TPSA) is 0 Å². The van der Waals surface area contributed by atoms with Gasteiger partial charge in [0.25, 0.3) is 0 Å². The number of hydrogen-bond acceptors (Lipinski definition) is 0. The predicted molar refractivity (Wildman–Crippen MR) is 128 cm³/mol. The van der Waals surface area contributed by atoms with Gasteiger partial charge in [0.15, 0.2) is 0 Å². The maximum absolute atomic E-state index is 2.35. The molecule has 0 aliphatic carbocycles. The van der Waals surface area contributed by atoms with Gasteiger partial charge in [-0.05, 0) is 35.1 Å². The van der Waals surface area contributed by atoms with Gasteiger partial charge in [-0.25, -0.2) is 0 Å². The van der Waals surface area contributed by atoms with Crippen LogP contribution in [0, 0.1) is 0 Å². The summed E-state index contributed by atoms with van der Waals surface area (Å²) in [6, 6.07) is 44.4. The van der Waals surface area contributed by atoms with Crippen LogP contribution in [0.15, 0.2) is 121 Å². The lowest BCUT2D eigenvalue weighted by molar-refractivity contribution is 0.274. The molecule has 0 fully saturated rings. The average Bonchev–Trinajstić information content (AvgIpc) is 2.85. The second kappa shape index (κ2) is 8.71. The molecule has 0 aromatic heterocycles. The Morgan fingerprint density at radius 1 is 0.400 bits per heavy atom. The summed E-state index contributed by atoms with van der Waals surface area (Å²) in [4.78, 5) is 0. The van der Waals surface area contributed by atoms with E-state index >= 15 is 0 Å². The minimum atomic E-state index is -0.304. The van der Waals surface area contributed by atoms with Crippen LogP contribution in [0.2, 0.25) is 0 Å². The van der Waals surface area contributed by atoms with Crippen molar-refractivity contribution in [3.8, 4) is 0 Å². The SMILES string of the molecule is CCC(CC)(c1ccccc1)C(c1ccccc1)(c1ccccc1)c1ccccc1. The molecular weight excluding hydrogens is 360 g/mol. The average molecular weight is 391 g/mol. The summed E-state index contributed by atoms with van der Waals surface area (Å²) in [7, 11) is 0.